The number of benzene rings is 1. The van der Waals surface area contributed by atoms with Crippen molar-refractivity contribution in [2.24, 2.45) is 5.92 Å². The molecule has 0 radical (unpaired) electrons. The fourth-order valence-electron chi connectivity index (χ4n) is 1.57. The van der Waals surface area contributed by atoms with Gasteiger partial charge in [-0.1, -0.05) is 26.0 Å². The van der Waals surface area contributed by atoms with E-state index in [0.717, 1.165) is 12.1 Å². The van der Waals surface area contributed by atoms with E-state index in [1.807, 2.05) is 12.1 Å². The molecular formula is C13H19NO2. The molecule has 1 aromatic rings. The monoisotopic (exact) mass is 221 g/mol. The van der Waals surface area contributed by atoms with Crippen LogP contribution in [0.15, 0.2) is 24.3 Å². The number of hydrogen-bond donors (Lipinski definition) is 0. The van der Waals surface area contributed by atoms with Crippen LogP contribution in [0.25, 0.3) is 0 Å². The summed E-state index contributed by atoms with van der Waals surface area (Å²) in [5.74, 6) is 0.643. The Hall–Kier alpha value is -1.51. The highest BCUT2D eigenvalue weighted by molar-refractivity contribution is 5.86. The molecule has 1 rings (SSSR count). The molecule has 0 unspecified atom stereocenters. The first-order valence-electron chi connectivity index (χ1n) is 5.45. The lowest BCUT2D eigenvalue weighted by Crippen LogP contribution is -2.25. The number of ether oxygens (including phenoxy) is 1. The Bertz CT molecular complexity index is 343. The number of amides is 1. The molecule has 0 bridgehead atoms. The summed E-state index contributed by atoms with van der Waals surface area (Å²) in [7, 11) is 3.08. The number of rotatable bonds is 3. The Labute approximate surface area is 97.0 Å². The van der Waals surface area contributed by atoms with Crippen molar-refractivity contribution in [1.29, 1.82) is 0 Å². The summed E-state index contributed by atoms with van der Waals surface area (Å²) in [5, 5.41) is 0. The number of anilines is 1. The van der Waals surface area contributed by atoms with E-state index in [1.54, 1.807) is 7.05 Å². The van der Waals surface area contributed by atoms with E-state index < -0.39 is 0 Å². The number of carbonyl (C=O) groups excluding carboxylic acids is 1. The summed E-state index contributed by atoms with van der Waals surface area (Å²) in [6.45, 7) is 4.38. The second kappa shape index (κ2) is 5.54. The van der Waals surface area contributed by atoms with Gasteiger partial charge in [0, 0.05) is 12.7 Å². The Morgan fingerprint density at radius 1 is 1.31 bits per heavy atom. The zero-order chi connectivity index (χ0) is 12.1. The lowest BCUT2D eigenvalue weighted by atomic mass is 10.0. The van der Waals surface area contributed by atoms with Gasteiger partial charge in [-0.25, -0.2) is 4.79 Å². The van der Waals surface area contributed by atoms with Crippen molar-refractivity contribution in [3.63, 3.8) is 0 Å². The summed E-state index contributed by atoms with van der Waals surface area (Å²) < 4.78 is 4.65. The van der Waals surface area contributed by atoms with E-state index in [0.29, 0.717) is 5.92 Å². The molecule has 0 saturated carbocycles. The third-order valence-corrected chi connectivity index (χ3v) is 2.42. The molecule has 3 heteroatoms. The molecule has 0 fully saturated rings. The molecule has 16 heavy (non-hydrogen) atoms. The van der Waals surface area contributed by atoms with Gasteiger partial charge in [0.05, 0.1) is 7.11 Å². The molecule has 0 spiro atoms. The minimum atomic E-state index is -0.350. The van der Waals surface area contributed by atoms with Crippen LogP contribution in [0.2, 0.25) is 0 Å². The van der Waals surface area contributed by atoms with E-state index in [-0.39, 0.29) is 6.09 Å². The van der Waals surface area contributed by atoms with Crippen molar-refractivity contribution in [3.8, 4) is 0 Å². The fourth-order valence-corrected chi connectivity index (χ4v) is 1.57. The zero-order valence-corrected chi connectivity index (χ0v) is 10.4. The normalized spacial score (nSPS) is 10.3. The van der Waals surface area contributed by atoms with Crippen LogP contribution in [-0.4, -0.2) is 20.3 Å². The second-order valence-corrected chi connectivity index (χ2v) is 4.29. The minimum absolute atomic E-state index is 0.350. The van der Waals surface area contributed by atoms with Crippen molar-refractivity contribution in [2.75, 3.05) is 19.1 Å². The quantitative estimate of drug-likeness (QED) is 0.785. The van der Waals surface area contributed by atoms with Gasteiger partial charge < -0.3 is 4.74 Å². The average Bonchev–Trinajstić information content (AvgIpc) is 2.27. The number of nitrogens with zero attached hydrogens (tertiary/aromatic N) is 1. The van der Waals surface area contributed by atoms with Gasteiger partial charge in [-0.3, -0.25) is 4.90 Å². The third kappa shape index (κ3) is 3.26. The summed E-state index contributed by atoms with van der Waals surface area (Å²) in [6, 6.07) is 7.98. The van der Waals surface area contributed by atoms with Gasteiger partial charge in [0.15, 0.2) is 0 Å². The van der Waals surface area contributed by atoms with Crippen LogP contribution in [0, 0.1) is 5.92 Å². The first-order chi connectivity index (χ1) is 7.54. The maximum atomic E-state index is 11.3. The first kappa shape index (κ1) is 12.6. The lowest BCUT2D eigenvalue weighted by molar-refractivity contribution is 0.180. The van der Waals surface area contributed by atoms with E-state index in [2.05, 4.69) is 30.7 Å². The van der Waals surface area contributed by atoms with Crippen LogP contribution in [0.1, 0.15) is 19.4 Å². The zero-order valence-electron chi connectivity index (χ0n) is 10.4. The topological polar surface area (TPSA) is 29.5 Å². The molecule has 0 aliphatic rings. The average molecular weight is 221 g/mol. The molecule has 0 atom stereocenters. The van der Waals surface area contributed by atoms with Gasteiger partial charge in [0.1, 0.15) is 0 Å². The highest BCUT2D eigenvalue weighted by atomic mass is 16.5. The van der Waals surface area contributed by atoms with Gasteiger partial charge in [-0.05, 0) is 30.0 Å². The van der Waals surface area contributed by atoms with Gasteiger partial charge in [0.2, 0.25) is 0 Å². The molecule has 1 amide bonds. The van der Waals surface area contributed by atoms with Gasteiger partial charge in [-0.15, -0.1) is 0 Å². The van der Waals surface area contributed by atoms with Crippen LogP contribution in [-0.2, 0) is 11.2 Å². The Morgan fingerprint density at radius 2 is 1.88 bits per heavy atom. The molecule has 0 aliphatic carbocycles. The molecule has 3 nitrogen and oxygen atoms in total. The van der Waals surface area contributed by atoms with Crippen molar-refractivity contribution < 1.29 is 9.53 Å². The Kier molecular flexibility index (Phi) is 4.35. The molecular weight excluding hydrogens is 202 g/mol. The molecule has 0 N–H and O–H groups in total. The smallest absolute Gasteiger partial charge is 0.413 e. The molecule has 0 aromatic heterocycles. The highest BCUT2D eigenvalue weighted by Crippen LogP contribution is 2.16. The van der Waals surface area contributed by atoms with E-state index in [4.69, 9.17) is 0 Å². The van der Waals surface area contributed by atoms with Crippen LogP contribution in [0.3, 0.4) is 0 Å². The molecule has 0 heterocycles. The standard InChI is InChI=1S/C13H19NO2/c1-10(2)9-11-5-7-12(8-6-11)14(3)13(15)16-4/h5-8,10H,9H2,1-4H3. The predicted molar refractivity (Wildman–Crippen MR) is 65.8 cm³/mol. The molecule has 1 aromatic carbocycles. The molecule has 0 aliphatic heterocycles. The van der Waals surface area contributed by atoms with Crippen molar-refractivity contribution in [2.45, 2.75) is 20.3 Å². The Balaban J connectivity index is 2.74. The van der Waals surface area contributed by atoms with Crippen LogP contribution < -0.4 is 4.90 Å². The largest absolute Gasteiger partial charge is 0.452 e. The second-order valence-electron chi connectivity index (χ2n) is 4.29. The predicted octanol–water partition coefficient (Wildman–Crippen LogP) is 3.09. The van der Waals surface area contributed by atoms with Crippen LogP contribution in [0.4, 0.5) is 10.5 Å². The van der Waals surface area contributed by atoms with Gasteiger partial charge >= 0.3 is 6.09 Å². The van der Waals surface area contributed by atoms with Gasteiger partial charge in [-0.2, -0.15) is 0 Å². The van der Waals surface area contributed by atoms with Crippen molar-refractivity contribution in [1.82, 2.24) is 0 Å². The van der Waals surface area contributed by atoms with E-state index in [9.17, 15) is 4.79 Å². The fraction of sp³-hybridized carbons (Fsp3) is 0.462. The third-order valence-electron chi connectivity index (χ3n) is 2.42. The summed E-state index contributed by atoms with van der Waals surface area (Å²) >= 11 is 0. The summed E-state index contributed by atoms with van der Waals surface area (Å²) in [6.07, 6.45) is 0.707. The van der Waals surface area contributed by atoms with Gasteiger partial charge in [0.25, 0.3) is 0 Å². The number of methoxy groups -OCH3 is 1. The summed E-state index contributed by atoms with van der Waals surface area (Å²) in [4.78, 5) is 12.8. The highest BCUT2D eigenvalue weighted by Gasteiger charge is 2.09. The van der Waals surface area contributed by atoms with Crippen LogP contribution >= 0.6 is 0 Å². The van der Waals surface area contributed by atoms with Crippen molar-refractivity contribution >= 4 is 11.8 Å². The van der Waals surface area contributed by atoms with Crippen molar-refractivity contribution in [3.05, 3.63) is 29.8 Å². The Morgan fingerprint density at radius 3 is 2.31 bits per heavy atom. The van der Waals surface area contributed by atoms with E-state index in [1.165, 1.54) is 17.6 Å². The molecule has 0 saturated heterocycles. The van der Waals surface area contributed by atoms with Crippen LogP contribution in [0.5, 0.6) is 0 Å². The summed E-state index contributed by atoms with van der Waals surface area (Å²) in [5.41, 5.74) is 2.14. The van der Waals surface area contributed by atoms with E-state index >= 15 is 0 Å². The number of hydrogen-bond acceptors (Lipinski definition) is 2. The minimum Gasteiger partial charge on any atom is -0.452 e. The maximum Gasteiger partial charge on any atom is 0.413 e. The lowest BCUT2D eigenvalue weighted by Gasteiger charge is -2.16. The number of carbonyl (C=O) groups is 1. The first-order valence-corrected chi connectivity index (χ1v) is 5.45. The maximum absolute atomic E-state index is 11.3. The molecule has 88 valence electrons. The SMILES string of the molecule is COC(=O)N(C)c1ccc(CC(C)C)cc1.